The van der Waals surface area contributed by atoms with Gasteiger partial charge in [-0.2, -0.15) is 18.9 Å². The van der Waals surface area contributed by atoms with Gasteiger partial charge in [0, 0.05) is 13.0 Å². The van der Waals surface area contributed by atoms with Crippen molar-refractivity contribution in [1.29, 1.82) is 0 Å². The monoisotopic (exact) mass is 323 g/mol. The van der Waals surface area contributed by atoms with E-state index in [-0.39, 0.29) is 35.4 Å². The van der Waals surface area contributed by atoms with Crippen molar-refractivity contribution in [2.45, 2.75) is 32.9 Å². The first-order chi connectivity index (χ1) is 11.0. The predicted molar refractivity (Wildman–Crippen MR) is 76.0 cm³/mol. The van der Waals surface area contributed by atoms with Crippen molar-refractivity contribution < 1.29 is 23.0 Å². The van der Waals surface area contributed by atoms with Gasteiger partial charge in [-0.3, -0.25) is 0 Å². The van der Waals surface area contributed by atoms with Crippen LogP contribution in [0.2, 0.25) is 0 Å². The third-order valence-electron chi connectivity index (χ3n) is 3.52. The maximum atomic E-state index is 14.0. The molecule has 122 valence electrons. The van der Waals surface area contributed by atoms with Gasteiger partial charge < -0.3 is 9.47 Å². The molecule has 0 unspecified atom stereocenters. The zero-order chi connectivity index (χ0) is 16.6. The molecule has 0 radical (unpaired) electrons. The summed E-state index contributed by atoms with van der Waals surface area (Å²) in [6, 6.07) is 2.20. The van der Waals surface area contributed by atoms with Gasteiger partial charge in [-0.15, -0.1) is 0 Å². The van der Waals surface area contributed by atoms with Crippen LogP contribution >= 0.6 is 0 Å². The molecule has 0 fully saturated rings. The number of carbonyl (C=O) groups is 1. The average molecular weight is 323 g/mol. The Hall–Kier alpha value is -2.51. The number of halogens is 2. The Balaban J connectivity index is 2.18. The predicted octanol–water partition coefficient (Wildman–Crippen LogP) is 2.57. The minimum Gasteiger partial charge on any atom is -0.474 e. The molecule has 0 saturated heterocycles. The largest absolute Gasteiger partial charge is 0.474 e. The van der Waals surface area contributed by atoms with E-state index in [1.807, 2.05) is 6.92 Å². The summed E-state index contributed by atoms with van der Waals surface area (Å²) >= 11 is 0. The summed E-state index contributed by atoms with van der Waals surface area (Å²) in [5.74, 6) is -2.42. The lowest BCUT2D eigenvalue weighted by Gasteiger charge is -2.21. The molecule has 0 aromatic carbocycles. The summed E-state index contributed by atoms with van der Waals surface area (Å²) in [4.78, 5) is 15.4. The Bertz CT molecular complexity index is 761. The van der Waals surface area contributed by atoms with Gasteiger partial charge in [-0.25, -0.2) is 9.48 Å². The lowest BCUT2D eigenvalue weighted by atomic mass is 10.1. The van der Waals surface area contributed by atoms with Crippen molar-refractivity contribution in [2.75, 3.05) is 6.61 Å². The molecule has 3 heterocycles. The second-order valence-electron chi connectivity index (χ2n) is 5.16. The number of fused-ring (bicyclic) bond motifs is 1. The van der Waals surface area contributed by atoms with Crippen molar-refractivity contribution in [1.82, 2.24) is 14.8 Å². The highest BCUT2D eigenvalue weighted by molar-refractivity contribution is 5.98. The van der Waals surface area contributed by atoms with Gasteiger partial charge in [-0.1, -0.05) is 0 Å². The fraction of sp³-hybridized carbons (Fsp3) is 0.400. The smallest absolute Gasteiger partial charge is 0.345 e. The topological polar surface area (TPSA) is 66.2 Å². The summed E-state index contributed by atoms with van der Waals surface area (Å²) < 4.78 is 39.2. The van der Waals surface area contributed by atoms with Crippen LogP contribution in [0.15, 0.2) is 12.1 Å². The molecular formula is C15H15F2N3O3. The van der Waals surface area contributed by atoms with Gasteiger partial charge in [-0.05, 0) is 26.0 Å². The van der Waals surface area contributed by atoms with Crippen molar-refractivity contribution in [3.63, 3.8) is 0 Å². The van der Waals surface area contributed by atoms with E-state index >= 15 is 0 Å². The second-order valence-corrected chi connectivity index (χ2v) is 5.16. The van der Waals surface area contributed by atoms with Crippen LogP contribution in [0.5, 0.6) is 5.88 Å². The maximum absolute atomic E-state index is 14.0. The molecule has 0 N–H and O–H groups in total. The van der Waals surface area contributed by atoms with Crippen LogP contribution in [0.3, 0.4) is 0 Å². The van der Waals surface area contributed by atoms with Crippen LogP contribution in [-0.2, 0) is 11.3 Å². The Morgan fingerprint density at radius 2 is 2.26 bits per heavy atom. The first-order valence-corrected chi connectivity index (χ1v) is 7.28. The number of hydrogen-bond acceptors (Lipinski definition) is 5. The summed E-state index contributed by atoms with van der Waals surface area (Å²) in [7, 11) is 0. The molecule has 23 heavy (non-hydrogen) atoms. The van der Waals surface area contributed by atoms with Crippen molar-refractivity contribution in [2.24, 2.45) is 0 Å². The Morgan fingerprint density at radius 1 is 1.48 bits per heavy atom. The summed E-state index contributed by atoms with van der Waals surface area (Å²) in [6.45, 7) is 4.21. The third kappa shape index (κ3) is 2.76. The molecule has 3 rings (SSSR count). The van der Waals surface area contributed by atoms with Crippen molar-refractivity contribution in [3.05, 3.63) is 29.6 Å². The highest BCUT2D eigenvalue weighted by Gasteiger charge is 2.32. The highest BCUT2D eigenvalue weighted by Crippen LogP contribution is 2.35. The average Bonchev–Trinajstić information content (AvgIpc) is 2.85. The molecule has 0 spiro atoms. The number of rotatable bonds is 3. The summed E-state index contributed by atoms with van der Waals surface area (Å²) in [5, 5.41) is 4.24. The fourth-order valence-corrected chi connectivity index (χ4v) is 2.44. The van der Waals surface area contributed by atoms with E-state index in [9.17, 15) is 13.6 Å². The zero-order valence-electron chi connectivity index (χ0n) is 12.7. The molecule has 2 aromatic rings. The number of ether oxygens (including phenoxy) is 2. The lowest BCUT2D eigenvalue weighted by molar-refractivity contribution is 0.0515. The first kappa shape index (κ1) is 15.4. The quantitative estimate of drug-likeness (QED) is 0.641. The molecule has 0 aliphatic carbocycles. The van der Waals surface area contributed by atoms with Gasteiger partial charge in [0.1, 0.15) is 11.3 Å². The number of pyridine rings is 1. The number of esters is 1. The number of aromatic nitrogens is 3. The Labute approximate surface area is 131 Å². The molecule has 0 amide bonds. The summed E-state index contributed by atoms with van der Waals surface area (Å²) in [6.07, 6.45) is 0.608. The molecule has 0 saturated carbocycles. The standard InChI is InChI=1S/C15H15F2N3O3/c1-3-22-15(21)11-12(9-4-5-10(16)18-13(9)17)19-20-7-6-8(2)23-14(11)20/h4-5,8H,3,6-7H2,1-2H3/t8-/m1/s1. The van der Waals surface area contributed by atoms with Crippen molar-refractivity contribution >= 4 is 5.97 Å². The van der Waals surface area contributed by atoms with E-state index in [0.717, 1.165) is 6.07 Å². The van der Waals surface area contributed by atoms with Gasteiger partial charge in [0.25, 0.3) is 0 Å². The van der Waals surface area contributed by atoms with Gasteiger partial charge in [0.2, 0.25) is 17.8 Å². The molecule has 2 aromatic heterocycles. The molecule has 1 aliphatic rings. The molecule has 6 nitrogen and oxygen atoms in total. The van der Waals surface area contributed by atoms with Crippen LogP contribution < -0.4 is 4.74 Å². The minimum absolute atomic E-state index is 0.0331. The van der Waals surface area contributed by atoms with E-state index in [2.05, 4.69) is 10.1 Å². The molecule has 0 bridgehead atoms. The van der Waals surface area contributed by atoms with E-state index < -0.39 is 17.9 Å². The van der Waals surface area contributed by atoms with Gasteiger partial charge >= 0.3 is 5.97 Å². The Morgan fingerprint density at radius 3 is 2.96 bits per heavy atom. The van der Waals surface area contributed by atoms with Crippen LogP contribution in [0, 0.1) is 11.9 Å². The lowest BCUT2D eigenvalue weighted by Crippen LogP contribution is -2.24. The zero-order valence-corrected chi connectivity index (χ0v) is 12.7. The van der Waals surface area contributed by atoms with E-state index in [1.165, 1.54) is 10.7 Å². The number of carbonyl (C=O) groups excluding carboxylic acids is 1. The molecule has 1 atom stereocenters. The van der Waals surface area contributed by atoms with Crippen LogP contribution in [0.4, 0.5) is 8.78 Å². The maximum Gasteiger partial charge on any atom is 0.345 e. The van der Waals surface area contributed by atoms with Crippen LogP contribution in [0.1, 0.15) is 30.6 Å². The third-order valence-corrected chi connectivity index (χ3v) is 3.52. The highest BCUT2D eigenvalue weighted by atomic mass is 19.1. The van der Waals surface area contributed by atoms with Crippen LogP contribution in [0.25, 0.3) is 11.3 Å². The second kappa shape index (κ2) is 5.94. The van der Waals surface area contributed by atoms with E-state index in [1.54, 1.807) is 6.92 Å². The van der Waals surface area contributed by atoms with Gasteiger partial charge in [0.05, 0.1) is 18.3 Å². The normalized spacial score (nSPS) is 16.6. The minimum atomic E-state index is -1.04. The molecule has 1 aliphatic heterocycles. The molecular weight excluding hydrogens is 308 g/mol. The van der Waals surface area contributed by atoms with Crippen LogP contribution in [-0.4, -0.2) is 33.4 Å². The number of nitrogens with zero attached hydrogens (tertiary/aromatic N) is 3. The first-order valence-electron chi connectivity index (χ1n) is 7.28. The fourth-order valence-electron chi connectivity index (χ4n) is 2.44. The van der Waals surface area contributed by atoms with Crippen molar-refractivity contribution in [3.8, 4) is 17.1 Å². The van der Waals surface area contributed by atoms with Gasteiger partial charge in [0.15, 0.2) is 0 Å². The summed E-state index contributed by atoms with van der Waals surface area (Å²) in [5.41, 5.74) is -0.00383. The SMILES string of the molecule is CCOC(=O)c1c(-c2ccc(F)nc2F)nn2c1O[C@H](C)CC2. The number of hydrogen-bond donors (Lipinski definition) is 0. The molecule has 8 heteroatoms. The van der Waals surface area contributed by atoms with E-state index in [0.29, 0.717) is 13.0 Å². The number of aryl methyl sites for hydroxylation is 1. The van der Waals surface area contributed by atoms with E-state index in [4.69, 9.17) is 9.47 Å². The Kier molecular flexibility index (Phi) is 3.97.